The second-order valence-corrected chi connectivity index (χ2v) is 2.58. The molecule has 59 valence electrons. The van der Waals surface area contributed by atoms with Gasteiger partial charge in [0.2, 0.25) is 0 Å². The number of unbranched alkanes of at least 4 members (excludes halogenated alkanes) is 1. The molecular weight excluding hydrogens is 136 g/mol. The fourth-order valence-corrected chi connectivity index (χ4v) is 1.02. The molecular formula is C10H13O. The average Bonchev–Trinajstić information content (AvgIpc) is 2.03. The minimum absolute atomic E-state index is 0.411. The molecule has 11 heavy (non-hydrogen) atoms. The van der Waals surface area contributed by atoms with E-state index in [2.05, 4.69) is 6.42 Å². The summed E-state index contributed by atoms with van der Waals surface area (Å²) in [5, 5.41) is 9.32. The van der Waals surface area contributed by atoms with Crippen LogP contribution >= 0.6 is 0 Å². The first-order valence-electron chi connectivity index (χ1n) is 3.89. The van der Waals surface area contributed by atoms with Crippen LogP contribution in [0.5, 0.6) is 5.75 Å². The molecule has 0 spiro atoms. The zero-order valence-corrected chi connectivity index (χ0v) is 6.75. The van der Waals surface area contributed by atoms with Gasteiger partial charge >= 0.3 is 0 Å². The molecule has 1 aromatic carbocycles. The summed E-state index contributed by atoms with van der Waals surface area (Å²) in [5.74, 6) is 0.411. The number of aromatic hydroxyl groups is 1. The summed E-state index contributed by atoms with van der Waals surface area (Å²) in [5.41, 5.74) is 1.03. The summed E-state index contributed by atoms with van der Waals surface area (Å²) in [6.45, 7) is 2.03. The maximum atomic E-state index is 9.32. The van der Waals surface area contributed by atoms with Gasteiger partial charge in [-0.1, -0.05) is 25.1 Å². The predicted molar refractivity (Wildman–Crippen MR) is 46.4 cm³/mol. The number of phenols is 1. The maximum Gasteiger partial charge on any atom is 0.118 e. The highest BCUT2D eigenvalue weighted by molar-refractivity contribution is 5.31. The lowest BCUT2D eigenvalue weighted by Crippen LogP contribution is -1.84. The highest BCUT2D eigenvalue weighted by Gasteiger charge is 1.96. The minimum atomic E-state index is 0.411. The van der Waals surface area contributed by atoms with Crippen LogP contribution in [0.25, 0.3) is 0 Å². The Kier molecular flexibility index (Phi) is 2.96. The van der Waals surface area contributed by atoms with Crippen molar-refractivity contribution in [2.45, 2.75) is 19.8 Å². The normalized spacial score (nSPS) is 9.91. The third-order valence-electron chi connectivity index (χ3n) is 1.69. The van der Waals surface area contributed by atoms with Crippen molar-refractivity contribution in [3.8, 4) is 5.75 Å². The van der Waals surface area contributed by atoms with Gasteiger partial charge in [-0.05, 0) is 30.9 Å². The smallest absolute Gasteiger partial charge is 0.118 e. The van der Waals surface area contributed by atoms with Gasteiger partial charge in [0.15, 0.2) is 0 Å². The lowest BCUT2D eigenvalue weighted by Gasteiger charge is -2.01. The Labute approximate surface area is 67.7 Å². The summed E-state index contributed by atoms with van der Waals surface area (Å²) in [6.07, 6.45) is 4.06. The molecule has 1 N–H and O–H groups in total. The van der Waals surface area contributed by atoms with E-state index in [1.165, 1.54) is 0 Å². The fourth-order valence-electron chi connectivity index (χ4n) is 1.02. The molecule has 0 saturated heterocycles. The molecule has 0 fully saturated rings. The fraction of sp³-hybridized carbons (Fsp3) is 0.300. The second kappa shape index (κ2) is 4.02. The van der Waals surface area contributed by atoms with Crippen LogP contribution < -0.4 is 0 Å². The van der Waals surface area contributed by atoms with E-state index in [1.54, 1.807) is 6.07 Å². The van der Waals surface area contributed by atoms with Crippen molar-refractivity contribution in [2.24, 2.45) is 0 Å². The molecule has 0 unspecified atom stereocenters. The first kappa shape index (κ1) is 8.12. The van der Waals surface area contributed by atoms with Crippen LogP contribution in [0.15, 0.2) is 24.3 Å². The molecule has 1 rings (SSSR count). The van der Waals surface area contributed by atoms with E-state index >= 15 is 0 Å². The second-order valence-electron chi connectivity index (χ2n) is 2.58. The largest absolute Gasteiger partial charge is 0.508 e. The Morgan fingerprint density at radius 1 is 1.36 bits per heavy atom. The predicted octanol–water partition coefficient (Wildman–Crippen LogP) is 2.55. The number of aryl methyl sites for hydroxylation is 1. The number of benzene rings is 1. The van der Waals surface area contributed by atoms with Gasteiger partial charge < -0.3 is 5.11 Å². The Bertz CT molecular complexity index is 218. The number of rotatable bonds is 3. The van der Waals surface area contributed by atoms with Crippen LogP contribution in [-0.4, -0.2) is 5.11 Å². The molecule has 0 aliphatic heterocycles. The number of hydrogen-bond acceptors (Lipinski definition) is 1. The van der Waals surface area contributed by atoms with Gasteiger partial charge in [-0.2, -0.15) is 0 Å². The van der Waals surface area contributed by atoms with Crippen molar-refractivity contribution in [3.05, 3.63) is 36.2 Å². The minimum Gasteiger partial charge on any atom is -0.508 e. The molecule has 0 heterocycles. The highest BCUT2D eigenvalue weighted by Crippen LogP contribution is 2.17. The average molecular weight is 149 g/mol. The van der Waals surface area contributed by atoms with Crippen LogP contribution in [0.1, 0.15) is 18.9 Å². The zero-order chi connectivity index (χ0) is 8.10. The quantitative estimate of drug-likeness (QED) is 0.700. The van der Waals surface area contributed by atoms with Crippen molar-refractivity contribution in [1.29, 1.82) is 0 Å². The van der Waals surface area contributed by atoms with Gasteiger partial charge in [-0.3, -0.25) is 0 Å². The Morgan fingerprint density at radius 3 is 2.73 bits per heavy atom. The molecule has 1 heteroatoms. The summed E-state index contributed by atoms with van der Waals surface area (Å²) >= 11 is 0. The topological polar surface area (TPSA) is 20.2 Å². The van der Waals surface area contributed by atoms with Crippen molar-refractivity contribution >= 4 is 0 Å². The Balaban J connectivity index is 2.62. The van der Waals surface area contributed by atoms with Crippen molar-refractivity contribution < 1.29 is 5.11 Å². The summed E-state index contributed by atoms with van der Waals surface area (Å²) in [6, 6.07) is 7.48. The summed E-state index contributed by atoms with van der Waals surface area (Å²) in [4.78, 5) is 0. The molecule has 0 aliphatic carbocycles. The molecule has 1 aromatic rings. The molecule has 1 nitrogen and oxygen atoms in total. The number of para-hydroxylation sites is 1. The molecule has 0 aromatic heterocycles. The van der Waals surface area contributed by atoms with Gasteiger partial charge in [-0.25, -0.2) is 0 Å². The molecule has 1 radical (unpaired) electrons. The first-order chi connectivity index (χ1) is 5.34. The van der Waals surface area contributed by atoms with E-state index in [1.807, 2.05) is 25.1 Å². The molecule has 0 atom stereocenters. The van der Waals surface area contributed by atoms with Gasteiger partial charge in [-0.15, -0.1) is 0 Å². The SMILES string of the molecule is C[CH]CCc1ccccc1O. The van der Waals surface area contributed by atoms with Crippen LogP contribution in [0.4, 0.5) is 0 Å². The van der Waals surface area contributed by atoms with Gasteiger partial charge in [0.25, 0.3) is 0 Å². The first-order valence-corrected chi connectivity index (χ1v) is 3.89. The lowest BCUT2D eigenvalue weighted by molar-refractivity contribution is 0.468. The maximum absolute atomic E-state index is 9.32. The molecule has 0 amide bonds. The summed E-state index contributed by atoms with van der Waals surface area (Å²) < 4.78 is 0. The van der Waals surface area contributed by atoms with Gasteiger partial charge in [0.1, 0.15) is 5.75 Å². The monoisotopic (exact) mass is 149 g/mol. The third kappa shape index (κ3) is 2.26. The standard InChI is InChI=1S/C10H13O/c1-2-3-6-9-7-4-5-8-10(9)11/h2,4-5,7-8,11H,3,6H2,1H3. The van der Waals surface area contributed by atoms with Gasteiger partial charge in [0, 0.05) is 0 Å². The Hall–Kier alpha value is -0.980. The number of phenolic OH excluding ortho intramolecular Hbond substituents is 1. The molecule has 0 aliphatic rings. The van der Waals surface area contributed by atoms with Crippen molar-refractivity contribution in [2.75, 3.05) is 0 Å². The lowest BCUT2D eigenvalue weighted by atomic mass is 10.1. The van der Waals surface area contributed by atoms with Crippen LogP contribution in [0.3, 0.4) is 0 Å². The van der Waals surface area contributed by atoms with E-state index in [0.717, 1.165) is 18.4 Å². The van der Waals surface area contributed by atoms with E-state index in [9.17, 15) is 5.11 Å². The zero-order valence-electron chi connectivity index (χ0n) is 6.75. The van der Waals surface area contributed by atoms with Gasteiger partial charge in [0.05, 0.1) is 0 Å². The van der Waals surface area contributed by atoms with E-state index in [-0.39, 0.29) is 0 Å². The van der Waals surface area contributed by atoms with E-state index in [0.29, 0.717) is 5.75 Å². The Morgan fingerprint density at radius 2 is 2.09 bits per heavy atom. The number of hydrogen-bond donors (Lipinski definition) is 1. The van der Waals surface area contributed by atoms with E-state index in [4.69, 9.17) is 0 Å². The summed E-state index contributed by atoms with van der Waals surface area (Å²) in [7, 11) is 0. The van der Waals surface area contributed by atoms with Crippen LogP contribution in [0.2, 0.25) is 0 Å². The highest BCUT2D eigenvalue weighted by atomic mass is 16.3. The van der Waals surface area contributed by atoms with Crippen LogP contribution in [0, 0.1) is 6.42 Å². The van der Waals surface area contributed by atoms with E-state index < -0.39 is 0 Å². The molecule has 0 bridgehead atoms. The third-order valence-corrected chi connectivity index (χ3v) is 1.69. The van der Waals surface area contributed by atoms with Crippen LogP contribution in [-0.2, 0) is 6.42 Å². The van der Waals surface area contributed by atoms with Crippen molar-refractivity contribution in [3.63, 3.8) is 0 Å². The van der Waals surface area contributed by atoms with Crippen molar-refractivity contribution in [1.82, 2.24) is 0 Å². The molecule has 0 saturated carbocycles.